The van der Waals surface area contributed by atoms with Crippen LogP contribution in [-0.2, 0) is 9.63 Å². The zero-order valence-corrected chi connectivity index (χ0v) is 14.8. The van der Waals surface area contributed by atoms with Crippen LogP contribution in [-0.4, -0.2) is 38.7 Å². The average Bonchev–Trinajstić information content (AvgIpc) is 2.65. The first-order valence-electron chi connectivity index (χ1n) is 7.81. The number of amides is 1. The third-order valence-electron chi connectivity index (χ3n) is 3.45. The molecule has 0 spiro atoms. The minimum absolute atomic E-state index is 0.0318. The molecule has 1 amide bonds. The molecule has 0 heterocycles. The molecule has 0 aliphatic rings. The fourth-order valence-electron chi connectivity index (χ4n) is 2.11. The van der Waals surface area contributed by atoms with Crippen LogP contribution in [0.1, 0.15) is 22.8 Å². The minimum atomic E-state index is -0.356. The number of carbonyl (C=O) groups excluding carboxylic acids is 2. The Labute approximate surface area is 151 Å². The Balaban J connectivity index is 1.84. The van der Waals surface area contributed by atoms with Gasteiger partial charge in [-0.25, -0.2) is 0 Å². The number of Topliss-reactive ketones (excluding diaryl/α,β-unsaturated/α-hetero) is 1. The summed E-state index contributed by atoms with van der Waals surface area (Å²) < 4.78 is 10.4. The molecule has 2 aromatic rings. The predicted octanol–water partition coefficient (Wildman–Crippen LogP) is 2.90. The highest BCUT2D eigenvalue weighted by Gasteiger charge is 2.05. The van der Waals surface area contributed by atoms with Gasteiger partial charge in [-0.15, -0.1) is 0 Å². The summed E-state index contributed by atoms with van der Waals surface area (Å²) in [5, 5.41) is 6.42. The molecule has 7 heteroatoms. The van der Waals surface area contributed by atoms with E-state index in [-0.39, 0.29) is 18.3 Å². The van der Waals surface area contributed by atoms with Gasteiger partial charge < -0.3 is 19.6 Å². The highest BCUT2D eigenvalue weighted by molar-refractivity contribution is 5.95. The van der Waals surface area contributed by atoms with Crippen molar-refractivity contribution in [2.24, 2.45) is 5.16 Å². The second kappa shape index (κ2) is 9.22. The molecule has 0 bridgehead atoms. The number of anilines is 1. The molecule has 1 N–H and O–H groups in total. The number of oxime groups is 1. The Morgan fingerprint density at radius 2 is 1.73 bits per heavy atom. The predicted molar refractivity (Wildman–Crippen MR) is 98.2 cm³/mol. The molecule has 0 fully saturated rings. The van der Waals surface area contributed by atoms with Crippen LogP contribution < -0.4 is 14.8 Å². The van der Waals surface area contributed by atoms with E-state index >= 15 is 0 Å². The van der Waals surface area contributed by atoms with E-state index in [0.29, 0.717) is 22.7 Å². The normalized spacial score (nSPS) is 10.4. The maximum absolute atomic E-state index is 11.8. The number of methoxy groups -OCH3 is 2. The van der Waals surface area contributed by atoms with Gasteiger partial charge in [0.1, 0.15) is 0 Å². The standard InChI is InChI=1S/C19H20N2O5/c1-13(22)15-5-7-16(8-6-15)21-19(23)12-26-20-11-14-4-9-17(24-2)18(10-14)25-3/h4-11H,12H2,1-3H3,(H,21,23)/b20-11-. The van der Waals surface area contributed by atoms with E-state index < -0.39 is 0 Å². The Kier molecular flexibility index (Phi) is 6.73. The third kappa shape index (κ3) is 5.34. The summed E-state index contributed by atoms with van der Waals surface area (Å²) in [6, 6.07) is 11.9. The molecule has 0 radical (unpaired) electrons. The van der Waals surface area contributed by atoms with Crippen LogP contribution >= 0.6 is 0 Å². The van der Waals surface area contributed by atoms with Crippen LogP contribution in [0.25, 0.3) is 0 Å². The van der Waals surface area contributed by atoms with Crippen molar-refractivity contribution >= 4 is 23.6 Å². The summed E-state index contributed by atoms with van der Waals surface area (Å²) in [7, 11) is 3.10. The molecule has 0 saturated carbocycles. The molecule has 0 aliphatic carbocycles. The molecular weight excluding hydrogens is 336 g/mol. The molecule has 0 saturated heterocycles. The molecule has 0 aromatic heterocycles. The number of carbonyl (C=O) groups is 2. The van der Waals surface area contributed by atoms with Gasteiger partial charge in [-0.1, -0.05) is 5.16 Å². The Hall–Kier alpha value is -3.35. The van der Waals surface area contributed by atoms with E-state index in [4.69, 9.17) is 14.3 Å². The van der Waals surface area contributed by atoms with Crippen molar-refractivity contribution in [1.82, 2.24) is 0 Å². The van der Waals surface area contributed by atoms with Gasteiger partial charge in [-0.05, 0) is 49.4 Å². The topological polar surface area (TPSA) is 86.2 Å². The molecule has 0 atom stereocenters. The number of nitrogens with one attached hydrogen (secondary N) is 1. The lowest BCUT2D eigenvalue weighted by atomic mass is 10.1. The SMILES string of the molecule is COc1ccc(/C=N\OCC(=O)Nc2ccc(C(C)=O)cc2)cc1OC. The highest BCUT2D eigenvalue weighted by Crippen LogP contribution is 2.26. The zero-order chi connectivity index (χ0) is 18.9. The third-order valence-corrected chi connectivity index (χ3v) is 3.45. The van der Waals surface area contributed by atoms with Crippen molar-refractivity contribution in [1.29, 1.82) is 0 Å². The fourth-order valence-corrected chi connectivity index (χ4v) is 2.11. The molecular formula is C19H20N2O5. The molecule has 2 rings (SSSR count). The molecule has 136 valence electrons. The second-order valence-electron chi connectivity index (χ2n) is 5.30. The van der Waals surface area contributed by atoms with E-state index in [1.807, 2.05) is 0 Å². The van der Waals surface area contributed by atoms with Gasteiger partial charge in [0.2, 0.25) is 0 Å². The Bertz CT molecular complexity index is 800. The van der Waals surface area contributed by atoms with E-state index in [2.05, 4.69) is 10.5 Å². The molecule has 2 aromatic carbocycles. The highest BCUT2D eigenvalue weighted by atomic mass is 16.6. The first-order chi connectivity index (χ1) is 12.5. The van der Waals surface area contributed by atoms with E-state index in [0.717, 1.165) is 5.56 Å². The lowest BCUT2D eigenvalue weighted by Crippen LogP contribution is -2.17. The summed E-state index contributed by atoms with van der Waals surface area (Å²) in [5.74, 6) is 0.796. The second-order valence-corrected chi connectivity index (χ2v) is 5.30. The van der Waals surface area contributed by atoms with Gasteiger partial charge in [0.25, 0.3) is 5.91 Å². The fraction of sp³-hybridized carbons (Fsp3) is 0.211. The number of nitrogens with zero attached hydrogens (tertiary/aromatic N) is 1. The van der Waals surface area contributed by atoms with Crippen LogP contribution in [0, 0.1) is 0 Å². The van der Waals surface area contributed by atoms with Crippen molar-refractivity contribution in [2.75, 3.05) is 26.1 Å². The molecule has 7 nitrogen and oxygen atoms in total. The van der Waals surface area contributed by atoms with Gasteiger partial charge in [-0.3, -0.25) is 9.59 Å². The number of rotatable bonds is 8. The summed E-state index contributed by atoms with van der Waals surface area (Å²) in [6.07, 6.45) is 1.47. The van der Waals surface area contributed by atoms with Gasteiger partial charge >= 0.3 is 0 Å². The maximum atomic E-state index is 11.8. The van der Waals surface area contributed by atoms with Crippen molar-refractivity contribution in [3.05, 3.63) is 53.6 Å². The quantitative estimate of drug-likeness (QED) is 0.446. The van der Waals surface area contributed by atoms with Gasteiger partial charge in [0.05, 0.1) is 20.4 Å². The number of ketones is 1. The van der Waals surface area contributed by atoms with Crippen LogP contribution in [0.3, 0.4) is 0 Å². The van der Waals surface area contributed by atoms with Gasteiger partial charge in [0, 0.05) is 16.8 Å². The van der Waals surface area contributed by atoms with E-state index in [1.165, 1.54) is 13.1 Å². The van der Waals surface area contributed by atoms with Gasteiger partial charge in [0.15, 0.2) is 23.9 Å². The number of hydrogen-bond donors (Lipinski definition) is 1. The van der Waals surface area contributed by atoms with Crippen molar-refractivity contribution in [3.63, 3.8) is 0 Å². The first kappa shape index (κ1) is 19.0. The Morgan fingerprint density at radius 1 is 1.04 bits per heavy atom. The minimum Gasteiger partial charge on any atom is -0.493 e. The zero-order valence-electron chi connectivity index (χ0n) is 14.8. The van der Waals surface area contributed by atoms with E-state index in [1.54, 1.807) is 56.7 Å². The van der Waals surface area contributed by atoms with Crippen molar-refractivity contribution in [3.8, 4) is 11.5 Å². The van der Waals surface area contributed by atoms with Crippen LogP contribution in [0.4, 0.5) is 5.69 Å². The lowest BCUT2D eigenvalue weighted by molar-refractivity contribution is -0.120. The summed E-state index contributed by atoms with van der Waals surface area (Å²) in [4.78, 5) is 28.0. The van der Waals surface area contributed by atoms with Crippen molar-refractivity contribution in [2.45, 2.75) is 6.92 Å². The Morgan fingerprint density at radius 3 is 2.35 bits per heavy atom. The molecule has 26 heavy (non-hydrogen) atoms. The summed E-state index contributed by atoms with van der Waals surface area (Å²) in [6.45, 7) is 1.25. The van der Waals surface area contributed by atoms with E-state index in [9.17, 15) is 9.59 Å². The molecule has 0 unspecified atom stereocenters. The number of hydrogen-bond acceptors (Lipinski definition) is 6. The molecule has 0 aliphatic heterocycles. The first-order valence-corrected chi connectivity index (χ1v) is 7.81. The largest absolute Gasteiger partial charge is 0.493 e. The lowest BCUT2D eigenvalue weighted by Gasteiger charge is -2.07. The number of benzene rings is 2. The van der Waals surface area contributed by atoms with Crippen LogP contribution in [0.15, 0.2) is 47.6 Å². The van der Waals surface area contributed by atoms with Crippen LogP contribution in [0.2, 0.25) is 0 Å². The monoisotopic (exact) mass is 356 g/mol. The number of ether oxygens (including phenoxy) is 2. The summed E-state index contributed by atoms with van der Waals surface area (Å²) >= 11 is 0. The average molecular weight is 356 g/mol. The smallest absolute Gasteiger partial charge is 0.265 e. The van der Waals surface area contributed by atoms with Crippen LogP contribution in [0.5, 0.6) is 11.5 Å². The maximum Gasteiger partial charge on any atom is 0.265 e. The van der Waals surface area contributed by atoms with Gasteiger partial charge in [-0.2, -0.15) is 0 Å². The van der Waals surface area contributed by atoms with Crippen molar-refractivity contribution < 1.29 is 23.9 Å². The summed E-state index contributed by atoms with van der Waals surface area (Å²) in [5.41, 5.74) is 1.90.